The van der Waals surface area contributed by atoms with Gasteiger partial charge in [0.1, 0.15) is 5.00 Å². The van der Waals surface area contributed by atoms with Crippen LogP contribution in [0.5, 0.6) is 11.5 Å². The molecule has 0 spiro atoms. The maximum absolute atomic E-state index is 13.5. The number of nitrogens with zero attached hydrogens (tertiary/aromatic N) is 1. The summed E-state index contributed by atoms with van der Waals surface area (Å²) in [5.41, 5.74) is 3.69. The van der Waals surface area contributed by atoms with Gasteiger partial charge in [-0.05, 0) is 81.9 Å². The Hall–Kier alpha value is -2.64. The van der Waals surface area contributed by atoms with Crippen LogP contribution in [-0.4, -0.2) is 26.3 Å². The lowest BCUT2D eigenvalue weighted by Crippen LogP contribution is -2.27. The van der Waals surface area contributed by atoms with Crippen molar-refractivity contribution < 1.29 is 14.3 Å². The van der Waals surface area contributed by atoms with E-state index in [0.29, 0.717) is 23.0 Å². The molecule has 184 valence electrons. The number of ether oxygens (including phenoxy) is 2. The van der Waals surface area contributed by atoms with Gasteiger partial charge in [-0.15, -0.1) is 11.3 Å². The number of rotatable bonds is 6. The van der Waals surface area contributed by atoms with Crippen molar-refractivity contribution in [2.75, 3.05) is 19.5 Å². The normalized spacial score (nSPS) is 15.7. The fourth-order valence-corrected chi connectivity index (χ4v) is 6.39. The summed E-state index contributed by atoms with van der Waals surface area (Å²) < 4.78 is 11.7. The van der Waals surface area contributed by atoms with E-state index >= 15 is 0 Å². The zero-order chi connectivity index (χ0) is 25.2. The van der Waals surface area contributed by atoms with Crippen molar-refractivity contribution in [3.63, 3.8) is 0 Å². The molecule has 1 N–H and O–H groups in total. The molecular weight excluding hydrogens is 524 g/mol. The number of aliphatic imine (C=N–C) groups is 1. The van der Waals surface area contributed by atoms with Crippen molar-refractivity contribution in [3.05, 3.63) is 68.5 Å². The molecule has 3 aromatic rings. The van der Waals surface area contributed by atoms with Crippen LogP contribution in [0.4, 0.5) is 10.7 Å². The van der Waals surface area contributed by atoms with Crippen LogP contribution >= 0.6 is 27.3 Å². The van der Waals surface area contributed by atoms with Crippen LogP contribution in [0.3, 0.4) is 0 Å². The standard InChI is InChI=1S/C28H31BrN2O3S/c1-28(2,3)18-11-12-20-23(15-18)35-27(24(20)26(32)31-19-9-7-6-8-10-19)30-16-17-13-21(29)25(34-5)22(14-17)33-4/h6-10,13-14,16,18H,11-12,15H2,1-5H3,(H,31,32)/t18-/m0/s1. The van der Waals surface area contributed by atoms with Crippen molar-refractivity contribution in [1.29, 1.82) is 0 Å². The van der Waals surface area contributed by atoms with Gasteiger partial charge in [0.25, 0.3) is 5.91 Å². The van der Waals surface area contributed by atoms with Crippen LogP contribution in [0.1, 0.15) is 53.6 Å². The molecule has 35 heavy (non-hydrogen) atoms. The molecule has 1 heterocycles. The summed E-state index contributed by atoms with van der Waals surface area (Å²) in [6.45, 7) is 6.90. The number of benzene rings is 2. The minimum atomic E-state index is -0.108. The second-order valence-electron chi connectivity index (χ2n) is 9.81. The highest BCUT2D eigenvalue weighted by Gasteiger charge is 2.33. The van der Waals surface area contributed by atoms with Gasteiger partial charge in [-0.2, -0.15) is 0 Å². The van der Waals surface area contributed by atoms with Gasteiger partial charge in [-0.3, -0.25) is 4.79 Å². The Kier molecular flexibility index (Phi) is 7.67. The zero-order valence-corrected chi connectivity index (χ0v) is 23.2. The fraction of sp³-hybridized carbons (Fsp3) is 0.357. The number of anilines is 1. The van der Waals surface area contributed by atoms with E-state index in [2.05, 4.69) is 42.0 Å². The molecule has 0 saturated heterocycles. The number of hydrogen-bond donors (Lipinski definition) is 1. The number of nitrogens with one attached hydrogen (secondary N) is 1. The first-order valence-electron chi connectivity index (χ1n) is 11.7. The number of carbonyl (C=O) groups excluding carboxylic acids is 1. The molecular formula is C28H31BrN2O3S. The third kappa shape index (κ3) is 5.62. The maximum atomic E-state index is 13.5. The molecule has 0 unspecified atom stereocenters. The third-order valence-corrected chi connectivity index (χ3v) is 8.27. The van der Waals surface area contributed by atoms with Gasteiger partial charge in [-0.1, -0.05) is 39.0 Å². The maximum Gasteiger partial charge on any atom is 0.259 e. The van der Waals surface area contributed by atoms with E-state index in [1.807, 2.05) is 42.5 Å². The van der Waals surface area contributed by atoms with E-state index < -0.39 is 0 Å². The second-order valence-corrected chi connectivity index (χ2v) is 11.7. The van der Waals surface area contributed by atoms with E-state index in [4.69, 9.17) is 14.5 Å². The first-order chi connectivity index (χ1) is 16.7. The predicted octanol–water partition coefficient (Wildman–Crippen LogP) is 7.68. The largest absolute Gasteiger partial charge is 0.493 e. The molecule has 2 aromatic carbocycles. The molecule has 0 fully saturated rings. The lowest BCUT2D eigenvalue weighted by molar-refractivity contribution is 0.102. The van der Waals surface area contributed by atoms with Gasteiger partial charge >= 0.3 is 0 Å². The van der Waals surface area contributed by atoms with Gasteiger partial charge in [0.15, 0.2) is 11.5 Å². The minimum Gasteiger partial charge on any atom is -0.493 e. The monoisotopic (exact) mass is 554 g/mol. The Morgan fingerprint density at radius 1 is 1.17 bits per heavy atom. The Balaban J connectivity index is 1.72. The summed E-state index contributed by atoms with van der Waals surface area (Å²) >= 11 is 5.18. The molecule has 1 amide bonds. The van der Waals surface area contributed by atoms with E-state index in [1.54, 1.807) is 31.8 Å². The van der Waals surface area contributed by atoms with Crippen molar-refractivity contribution in [2.45, 2.75) is 40.0 Å². The molecule has 0 saturated carbocycles. The summed E-state index contributed by atoms with van der Waals surface area (Å²) in [7, 11) is 3.21. The Morgan fingerprint density at radius 3 is 2.57 bits per heavy atom. The van der Waals surface area contributed by atoms with E-state index in [-0.39, 0.29) is 11.3 Å². The average Bonchev–Trinajstić information content (AvgIpc) is 3.20. The van der Waals surface area contributed by atoms with Gasteiger partial charge in [-0.25, -0.2) is 4.99 Å². The number of hydrogen-bond acceptors (Lipinski definition) is 5. The summed E-state index contributed by atoms with van der Waals surface area (Å²) in [5, 5.41) is 3.81. The Bertz CT molecular complexity index is 1250. The molecule has 1 atom stereocenters. The smallest absolute Gasteiger partial charge is 0.259 e. The van der Waals surface area contributed by atoms with Crippen LogP contribution in [0.15, 0.2) is 51.9 Å². The van der Waals surface area contributed by atoms with Gasteiger partial charge in [0.05, 0.1) is 24.3 Å². The summed E-state index contributed by atoms with van der Waals surface area (Å²) in [4.78, 5) is 19.6. The van der Waals surface area contributed by atoms with Crippen LogP contribution in [0, 0.1) is 11.3 Å². The fourth-order valence-electron chi connectivity index (χ4n) is 4.50. The van der Waals surface area contributed by atoms with Crippen molar-refractivity contribution in [3.8, 4) is 11.5 Å². The Labute approximate surface area is 219 Å². The number of halogens is 1. The Morgan fingerprint density at radius 2 is 1.91 bits per heavy atom. The van der Waals surface area contributed by atoms with E-state index in [1.165, 1.54) is 4.88 Å². The number of carbonyl (C=O) groups is 1. The average molecular weight is 556 g/mol. The highest BCUT2D eigenvalue weighted by molar-refractivity contribution is 9.10. The first kappa shape index (κ1) is 25.5. The highest BCUT2D eigenvalue weighted by atomic mass is 79.9. The van der Waals surface area contributed by atoms with Gasteiger partial charge in [0.2, 0.25) is 0 Å². The molecule has 1 aromatic heterocycles. The first-order valence-corrected chi connectivity index (χ1v) is 13.3. The zero-order valence-electron chi connectivity index (χ0n) is 20.8. The van der Waals surface area contributed by atoms with Crippen molar-refractivity contribution in [1.82, 2.24) is 0 Å². The molecule has 0 radical (unpaired) electrons. The number of fused-ring (bicyclic) bond motifs is 1. The van der Waals surface area contributed by atoms with Gasteiger partial charge in [0, 0.05) is 16.8 Å². The minimum absolute atomic E-state index is 0.108. The quantitative estimate of drug-likeness (QED) is 0.318. The summed E-state index contributed by atoms with van der Waals surface area (Å²) in [5.74, 6) is 1.72. The number of thiophene rings is 1. The van der Waals surface area contributed by atoms with Crippen LogP contribution in [-0.2, 0) is 12.8 Å². The van der Waals surface area contributed by atoms with E-state index in [9.17, 15) is 4.79 Å². The number of methoxy groups -OCH3 is 2. The third-order valence-electron chi connectivity index (χ3n) is 6.52. The lowest BCUT2D eigenvalue weighted by Gasteiger charge is -2.33. The number of amides is 1. The molecule has 7 heteroatoms. The molecule has 0 aliphatic heterocycles. The molecule has 5 nitrogen and oxygen atoms in total. The molecule has 4 rings (SSSR count). The topological polar surface area (TPSA) is 59.9 Å². The number of para-hydroxylation sites is 1. The summed E-state index contributed by atoms with van der Waals surface area (Å²) in [6.07, 6.45) is 4.73. The van der Waals surface area contributed by atoms with Gasteiger partial charge < -0.3 is 14.8 Å². The predicted molar refractivity (Wildman–Crippen MR) is 148 cm³/mol. The van der Waals surface area contributed by atoms with E-state index in [0.717, 1.165) is 45.6 Å². The highest BCUT2D eigenvalue weighted by Crippen LogP contribution is 2.45. The van der Waals surface area contributed by atoms with Crippen molar-refractivity contribution >= 4 is 50.1 Å². The van der Waals surface area contributed by atoms with Crippen LogP contribution < -0.4 is 14.8 Å². The molecule has 0 bridgehead atoms. The second kappa shape index (κ2) is 10.5. The van der Waals surface area contributed by atoms with Crippen LogP contribution in [0.25, 0.3) is 0 Å². The molecule has 1 aliphatic rings. The lowest BCUT2D eigenvalue weighted by atomic mass is 9.72. The summed E-state index contributed by atoms with van der Waals surface area (Å²) in [6, 6.07) is 13.4. The SMILES string of the molecule is COc1cc(C=Nc2sc3c(c2C(=O)Nc2ccccc2)CC[C@H](C(C)(C)C)C3)cc(Br)c1OC. The van der Waals surface area contributed by atoms with Crippen molar-refractivity contribution in [2.24, 2.45) is 16.3 Å². The van der Waals surface area contributed by atoms with Crippen LogP contribution in [0.2, 0.25) is 0 Å². The molecule has 1 aliphatic carbocycles.